The fraction of sp³-hybridized carbons (Fsp3) is 0.600. The first-order chi connectivity index (χ1) is 5.24. The molecule has 0 unspecified atom stereocenters. The molecule has 0 saturated heterocycles. The second kappa shape index (κ2) is 3.59. The van der Waals surface area contributed by atoms with Crippen molar-refractivity contribution in [1.29, 1.82) is 0 Å². The van der Waals surface area contributed by atoms with Gasteiger partial charge in [0.2, 0.25) is 0 Å². The Morgan fingerprint density at radius 2 is 2.18 bits per heavy atom. The molecule has 0 bridgehead atoms. The number of hydrogen-bond donors (Lipinski definition) is 0. The fourth-order valence-corrected chi connectivity index (χ4v) is 1.35. The Morgan fingerprint density at radius 3 is 2.73 bits per heavy atom. The van der Waals surface area contributed by atoms with E-state index in [1.165, 1.54) is 12.0 Å². The van der Waals surface area contributed by atoms with Gasteiger partial charge in [-0.15, -0.1) is 6.42 Å². The molecule has 60 valence electrons. The van der Waals surface area contributed by atoms with Gasteiger partial charge in [0.05, 0.1) is 6.54 Å². The first-order valence-corrected chi connectivity index (χ1v) is 4.05. The summed E-state index contributed by atoms with van der Waals surface area (Å²) in [6, 6.07) is 0. The molecule has 0 aromatic carbocycles. The largest absolute Gasteiger partial charge is 0.288 e. The van der Waals surface area contributed by atoms with Crippen molar-refractivity contribution < 1.29 is 0 Å². The molecular weight excluding hydrogens is 134 g/mol. The highest BCUT2D eigenvalue weighted by Gasteiger charge is 2.11. The minimum atomic E-state index is 0.796. The Labute approximate surface area is 69.1 Å². The molecule has 0 radical (unpaired) electrons. The van der Waals surface area contributed by atoms with Gasteiger partial charge >= 0.3 is 0 Å². The summed E-state index contributed by atoms with van der Waals surface area (Å²) in [7, 11) is 0. The third-order valence-electron chi connectivity index (χ3n) is 2.31. The van der Waals surface area contributed by atoms with E-state index in [1.807, 2.05) is 0 Å². The highest BCUT2D eigenvalue weighted by atomic mass is 15.1. The van der Waals surface area contributed by atoms with Crippen molar-refractivity contribution >= 4 is 0 Å². The molecular formula is C10H15N. The Morgan fingerprint density at radius 1 is 1.45 bits per heavy atom. The standard InChI is InChI=1S/C10H15N/c1-4-6-11-7-5-9(2)10(3)8-11/h1H,5-8H2,2-3H3. The normalized spacial score (nSPS) is 20.1. The molecule has 1 heterocycles. The smallest absolute Gasteiger partial charge is 0.0601 e. The van der Waals surface area contributed by atoms with E-state index in [0.29, 0.717) is 0 Å². The van der Waals surface area contributed by atoms with Crippen LogP contribution in [-0.4, -0.2) is 24.5 Å². The van der Waals surface area contributed by atoms with Gasteiger partial charge in [-0.25, -0.2) is 0 Å². The number of rotatable bonds is 1. The van der Waals surface area contributed by atoms with E-state index in [2.05, 4.69) is 24.7 Å². The third kappa shape index (κ3) is 2.10. The van der Waals surface area contributed by atoms with E-state index in [0.717, 1.165) is 19.6 Å². The van der Waals surface area contributed by atoms with Crippen molar-refractivity contribution in [2.24, 2.45) is 0 Å². The molecule has 0 aliphatic carbocycles. The summed E-state index contributed by atoms with van der Waals surface area (Å²) in [6.07, 6.45) is 6.42. The first kappa shape index (κ1) is 8.36. The molecule has 1 nitrogen and oxygen atoms in total. The zero-order chi connectivity index (χ0) is 8.27. The van der Waals surface area contributed by atoms with E-state index in [1.54, 1.807) is 5.57 Å². The molecule has 0 aromatic rings. The average Bonchev–Trinajstić information content (AvgIpc) is 1.98. The lowest BCUT2D eigenvalue weighted by atomic mass is 10.0. The minimum Gasteiger partial charge on any atom is -0.288 e. The van der Waals surface area contributed by atoms with Crippen LogP contribution in [0.2, 0.25) is 0 Å². The molecule has 1 heteroatoms. The zero-order valence-corrected chi connectivity index (χ0v) is 7.35. The van der Waals surface area contributed by atoms with E-state index in [9.17, 15) is 0 Å². The van der Waals surface area contributed by atoms with E-state index in [-0.39, 0.29) is 0 Å². The summed E-state index contributed by atoms with van der Waals surface area (Å²) in [4.78, 5) is 2.31. The molecule has 1 rings (SSSR count). The Bertz CT molecular complexity index is 207. The monoisotopic (exact) mass is 149 g/mol. The van der Waals surface area contributed by atoms with Gasteiger partial charge in [-0.05, 0) is 20.3 Å². The van der Waals surface area contributed by atoms with Crippen LogP contribution in [0.4, 0.5) is 0 Å². The Hall–Kier alpha value is -0.740. The second-order valence-corrected chi connectivity index (χ2v) is 3.23. The van der Waals surface area contributed by atoms with Crippen LogP contribution >= 0.6 is 0 Å². The number of nitrogens with zero attached hydrogens (tertiary/aromatic N) is 1. The van der Waals surface area contributed by atoms with Gasteiger partial charge in [0.15, 0.2) is 0 Å². The summed E-state index contributed by atoms with van der Waals surface area (Å²) < 4.78 is 0. The van der Waals surface area contributed by atoms with E-state index < -0.39 is 0 Å². The molecule has 0 amide bonds. The van der Waals surface area contributed by atoms with Crippen molar-refractivity contribution in [3.8, 4) is 12.3 Å². The number of terminal acetylenes is 1. The first-order valence-electron chi connectivity index (χ1n) is 4.05. The molecule has 0 N–H and O–H groups in total. The Balaban J connectivity index is 2.52. The van der Waals surface area contributed by atoms with E-state index >= 15 is 0 Å². The molecule has 0 fully saturated rings. The highest BCUT2D eigenvalue weighted by Crippen LogP contribution is 2.15. The predicted molar refractivity (Wildman–Crippen MR) is 48.3 cm³/mol. The van der Waals surface area contributed by atoms with Crippen LogP contribution in [0.15, 0.2) is 11.1 Å². The van der Waals surface area contributed by atoms with Gasteiger partial charge in [-0.2, -0.15) is 0 Å². The van der Waals surface area contributed by atoms with Crippen LogP contribution in [0.25, 0.3) is 0 Å². The van der Waals surface area contributed by atoms with Crippen molar-refractivity contribution in [2.75, 3.05) is 19.6 Å². The average molecular weight is 149 g/mol. The van der Waals surface area contributed by atoms with Crippen molar-refractivity contribution in [3.63, 3.8) is 0 Å². The maximum atomic E-state index is 5.23. The van der Waals surface area contributed by atoms with Crippen molar-refractivity contribution in [2.45, 2.75) is 20.3 Å². The summed E-state index contributed by atoms with van der Waals surface area (Å²) >= 11 is 0. The lowest BCUT2D eigenvalue weighted by Gasteiger charge is -2.26. The van der Waals surface area contributed by atoms with Gasteiger partial charge in [-0.1, -0.05) is 17.1 Å². The molecule has 0 atom stereocenters. The van der Waals surface area contributed by atoms with Crippen LogP contribution < -0.4 is 0 Å². The zero-order valence-electron chi connectivity index (χ0n) is 7.35. The second-order valence-electron chi connectivity index (χ2n) is 3.23. The van der Waals surface area contributed by atoms with E-state index in [4.69, 9.17) is 6.42 Å². The van der Waals surface area contributed by atoms with Gasteiger partial charge in [-0.3, -0.25) is 4.90 Å². The van der Waals surface area contributed by atoms with Crippen molar-refractivity contribution in [3.05, 3.63) is 11.1 Å². The van der Waals surface area contributed by atoms with Gasteiger partial charge in [0.25, 0.3) is 0 Å². The maximum absolute atomic E-state index is 5.23. The third-order valence-corrected chi connectivity index (χ3v) is 2.31. The predicted octanol–water partition coefficient (Wildman–Crippen LogP) is 1.66. The molecule has 0 spiro atoms. The van der Waals surface area contributed by atoms with Crippen LogP contribution in [0.5, 0.6) is 0 Å². The summed E-state index contributed by atoms with van der Waals surface area (Å²) in [6.45, 7) is 7.40. The quantitative estimate of drug-likeness (QED) is 0.405. The van der Waals surface area contributed by atoms with Gasteiger partial charge in [0, 0.05) is 13.1 Å². The molecule has 0 aromatic heterocycles. The molecule has 1 aliphatic rings. The molecule has 0 saturated carbocycles. The van der Waals surface area contributed by atoms with Crippen molar-refractivity contribution in [1.82, 2.24) is 4.90 Å². The van der Waals surface area contributed by atoms with Crippen LogP contribution in [0.1, 0.15) is 20.3 Å². The van der Waals surface area contributed by atoms with Gasteiger partial charge in [0.1, 0.15) is 0 Å². The summed E-state index contributed by atoms with van der Waals surface area (Å²) in [5, 5.41) is 0. The van der Waals surface area contributed by atoms with Crippen LogP contribution in [-0.2, 0) is 0 Å². The molecule has 11 heavy (non-hydrogen) atoms. The lowest BCUT2D eigenvalue weighted by Crippen LogP contribution is -2.30. The summed E-state index contributed by atoms with van der Waals surface area (Å²) in [5.74, 6) is 2.68. The maximum Gasteiger partial charge on any atom is 0.0601 e. The van der Waals surface area contributed by atoms with Crippen LogP contribution in [0.3, 0.4) is 0 Å². The van der Waals surface area contributed by atoms with Gasteiger partial charge < -0.3 is 0 Å². The molecule has 1 aliphatic heterocycles. The number of hydrogen-bond acceptors (Lipinski definition) is 1. The topological polar surface area (TPSA) is 3.24 Å². The highest BCUT2D eigenvalue weighted by molar-refractivity contribution is 5.15. The van der Waals surface area contributed by atoms with Crippen LogP contribution in [0, 0.1) is 12.3 Å². The summed E-state index contributed by atoms with van der Waals surface area (Å²) in [5.41, 5.74) is 3.03. The fourth-order valence-electron chi connectivity index (χ4n) is 1.35. The Kier molecular flexibility index (Phi) is 2.73. The minimum absolute atomic E-state index is 0.796. The lowest BCUT2D eigenvalue weighted by molar-refractivity contribution is 0.320. The SMILES string of the molecule is C#CCN1CCC(C)=C(C)C1.